The van der Waals surface area contributed by atoms with Crippen molar-refractivity contribution in [3.05, 3.63) is 42.5 Å². The minimum Gasteiger partial charge on any atom is -0.384 e. The molecule has 1 nitrogen and oxygen atoms in total. The summed E-state index contributed by atoms with van der Waals surface area (Å²) in [5.41, 5.74) is 1.09. The van der Waals surface area contributed by atoms with E-state index in [1.165, 1.54) is 11.8 Å². The summed E-state index contributed by atoms with van der Waals surface area (Å²) in [5.74, 6) is 0. The number of aliphatic hydroxyl groups is 1. The number of rotatable bonds is 7. The molecule has 1 aromatic carbocycles. The Labute approximate surface area is 121 Å². The first-order valence-corrected chi connectivity index (χ1v) is 7.19. The molecule has 0 saturated heterocycles. The fourth-order valence-corrected chi connectivity index (χ4v) is 2.99. The first-order valence-electron chi connectivity index (χ1n) is 5.93. The minimum atomic E-state index is -3.62. The Morgan fingerprint density at radius 1 is 1.42 bits per heavy atom. The molecule has 106 valence electrons. The molecule has 0 radical (unpaired) electrons. The molecule has 1 N–H and O–H groups in total. The summed E-state index contributed by atoms with van der Waals surface area (Å²) in [5, 5.41) is 5.36. The Morgan fingerprint density at radius 2 is 2.00 bits per heavy atom. The van der Waals surface area contributed by atoms with Crippen molar-refractivity contribution in [1.82, 2.24) is 0 Å². The Morgan fingerprint density at radius 3 is 2.47 bits per heavy atom. The molecule has 5 heteroatoms. The van der Waals surface area contributed by atoms with Gasteiger partial charge in [0.25, 0.3) is 0 Å². The van der Waals surface area contributed by atoms with E-state index in [1.54, 1.807) is 6.08 Å². The van der Waals surface area contributed by atoms with E-state index in [2.05, 4.69) is 6.58 Å². The van der Waals surface area contributed by atoms with Crippen molar-refractivity contribution >= 4 is 23.4 Å². The predicted molar refractivity (Wildman–Crippen MR) is 77.1 cm³/mol. The van der Waals surface area contributed by atoms with Crippen molar-refractivity contribution in [3.8, 4) is 0 Å². The van der Waals surface area contributed by atoms with Gasteiger partial charge in [0.2, 0.25) is 0 Å². The van der Waals surface area contributed by atoms with Crippen LogP contribution in [-0.4, -0.2) is 21.8 Å². The molecule has 0 spiro atoms. The van der Waals surface area contributed by atoms with Crippen LogP contribution in [0.1, 0.15) is 18.4 Å². The van der Waals surface area contributed by atoms with Gasteiger partial charge in [-0.15, -0.1) is 18.3 Å². The molecule has 0 unspecified atom stereocenters. The zero-order chi connectivity index (χ0) is 14.5. The quantitative estimate of drug-likeness (QED) is 0.451. The van der Waals surface area contributed by atoms with Crippen LogP contribution in [0.3, 0.4) is 0 Å². The zero-order valence-electron chi connectivity index (χ0n) is 10.7. The molecular formula is C14H17ClF2OS. The van der Waals surface area contributed by atoms with Crippen molar-refractivity contribution in [2.75, 3.05) is 0 Å². The maximum absolute atomic E-state index is 13.0. The first-order chi connectivity index (χ1) is 8.84. The van der Waals surface area contributed by atoms with Gasteiger partial charge in [0, 0.05) is 10.1 Å². The number of halogens is 3. The van der Waals surface area contributed by atoms with E-state index in [4.69, 9.17) is 11.6 Å². The van der Waals surface area contributed by atoms with E-state index in [1.807, 2.05) is 31.2 Å². The smallest absolute Gasteiger partial charge is 0.348 e. The van der Waals surface area contributed by atoms with E-state index in [-0.39, 0.29) is 0 Å². The first kappa shape index (κ1) is 16.5. The van der Waals surface area contributed by atoms with Crippen LogP contribution >= 0.6 is 23.4 Å². The van der Waals surface area contributed by atoms with E-state index >= 15 is 0 Å². The van der Waals surface area contributed by atoms with E-state index in [0.717, 1.165) is 10.5 Å². The van der Waals surface area contributed by atoms with E-state index in [0.29, 0.717) is 12.8 Å². The van der Waals surface area contributed by atoms with Gasteiger partial charge in [0.1, 0.15) is 6.10 Å². The van der Waals surface area contributed by atoms with Gasteiger partial charge in [-0.05, 0) is 43.5 Å². The SMILES string of the molecule is C=CCC[C@H](Sc1ccc(C)cc1)[C@H](O)C(F)(F)Cl. The van der Waals surface area contributed by atoms with Crippen LogP contribution in [0.2, 0.25) is 0 Å². The molecule has 1 aromatic rings. The second-order valence-corrected chi connectivity index (χ2v) is 6.14. The third-order valence-corrected chi connectivity index (χ3v) is 4.22. The molecule has 2 atom stereocenters. The molecule has 0 heterocycles. The Hall–Kier alpha value is -0.580. The highest BCUT2D eigenvalue weighted by Gasteiger charge is 2.41. The summed E-state index contributed by atoms with van der Waals surface area (Å²) in [4.78, 5) is 0.833. The van der Waals surface area contributed by atoms with Crippen LogP contribution < -0.4 is 0 Å². The maximum Gasteiger partial charge on any atom is 0.348 e. The van der Waals surface area contributed by atoms with E-state index < -0.39 is 16.7 Å². The van der Waals surface area contributed by atoms with Crippen LogP contribution in [-0.2, 0) is 0 Å². The van der Waals surface area contributed by atoms with Crippen molar-refractivity contribution in [2.24, 2.45) is 0 Å². The highest BCUT2D eigenvalue weighted by atomic mass is 35.5. The van der Waals surface area contributed by atoms with Gasteiger partial charge in [0.15, 0.2) is 0 Å². The second kappa shape index (κ2) is 7.27. The lowest BCUT2D eigenvalue weighted by atomic mass is 10.1. The number of benzene rings is 1. The topological polar surface area (TPSA) is 20.2 Å². The van der Waals surface area contributed by atoms with Crippen LogP contribution in [0.5, 0.6) is 0 Å². The number of aliphatic hydroxyl groups excluding tert-OH is 1. The Bertz CT molecular complexity index is 403. The lowest BCUT2D eigenvalue weighted by Gasteiger charge is -2.25. The summed E-state index contributed by atoms with van der Waals surface area (Å²) in [6, 6.07) is 7.50. The molecule has 0 bridgehead atoms. The summed E-state index contributed by atoms with van der Waals surface area (Å²) in [7, 11) is 0. The predicted octanol–water partition coefficient (Wildman–Crippen LogP) is 4.61. The van der Waals surface area contributed by atoms with Crippen LogP contribution in [0, 0.1) is 6.92 Å². The standard InChI is InChI=1S/C14H17ClF2OS/c1-3-4-5-12(13(18)14(15,16)17)19-11-8-6-10(2)7-9-11/h3,6-9,12-13,18H,1,4-5H2,2H3/t12-,13-/m0/s1. The van der Waals surface area contributed by atoms with Gasteiger partial charge in [-0.25, -0.2) is 0 Å². The molecule has 19 heavy (non-hydrogen) atoms. The summed E-state index contributed by atoms with van der Waals surface area (Å²) in [6.45, 7) is 5.51. The summed E-state index contributed by atoms with van der Waals surface area (Å²) in [6.07, 6.45) is 0.696. The average molecular weight is 307 g/mol. The molecule has 0 aliphatic carbocycles. The highest BCUT2D eigenvalue weighted by molar-refractivity contribution is 8.00. The molecule has 0 saturated carbocycles. The van der Waals surface area contributed by atoms with Gasteiger partial charge < -0.3 is 5.11 Å². The number of hydrogen-bond acceptors (Lipinski definition) is 2. The summed E-state index contributed by atoms with van der Waals surface area (Å²) >= 11 is 6.14. The fraction of sp³-hybridized carbons (Fsp3) is 0.429. The molecular weight excluding hydrogens is 290 g/mol. The van der Waals surface area contributed by atoms with Crippen molar-refractivity contribution in [2.45, 2.75) is 41.4 Å². The second-order valence-electron chi connectivity index (χ2n) is 4.32. The normalized spacial score (nSPS) is 15.0. The zero-order valence-corrected chi connectivity index (χ0v) is 12.2. The van der Waals surface area contributed by atoms with Gasteiger partial charge in [-0.3, -0.25) is 0 Å². The van der Waals surface area contributed by atoms with Crippen molar-refractivity contribution in [3.63, 3.8) is 0 Å². The summed E-state index contributed by atoms with van der Waals surface area (Å²) < 4.78 is 26.1. The van der Waals surface area contributed by atoms with E-state index in [9.17, 15) is 13.9 Å². The minimum absolute atomic E-state index is 0.394. The molecule has 0 aliphatic heterocycles. The van der Waals surface area contributed by atoms with Crippen LogP contribution in [0.25, 0.3) is 0 Å². The molecule has 0 aliphatic rings. The lowest BCUT2D eigenvalue weighted by molar-refractivity contribution is -0.0415. The fourth-order valence-electron chi connectivity index (χ4n) is 1.57. The number of allylic oxidation sites excluding steroid dienone is 1. The Kier molecular flexibility index (Phi) is 6.30. The monoisotopic (exact) mass is 306 g/mol. The van der Waals surface area contributed by atoms with Gasteiger partial charge in [-0.2, -0.15) is 8.78 Å². The highest BCUT2D eigenvalue weighted by Crippen LogP contribution is 2.36. The van der Waals surface area contributed by atoms with Gasteiger partial charge in [0.05, 0.1) is 0 Å². The third-order valence-electron chi connectivity index (χ3n) is 2.65. The van der Waals surface area contributed by atoms with Gasteiger partial charge in [-0.1, -0.05) is 23.8 Å². The van der Waals surface area contributed by atoms with Crippen molar-refractivity contribution in [1.29, 1.82) is 0 Å². The number of hydrogen-bond donors (Lipinski definition) is 1. The van der Waals surface area contributed by atoms with Crippen LogP contribution in [0.15, 0.2) is 41.8 Å². The molecule has 0 aromatic heterocycles. The van der Waals surface area contributed by atoms with Crippen molar-refractivity contribution < 1.29 is 13.9 Å². The average Bonchev–Trinajstić information content (AvgIpc) is 2.35. The number of alkyl halides is 3. The number of aryl methyl sites for hydroxylation is 1. The third kappa shape index (κ3) is 5.51. The number of thioether (sulfide) groups is 1. The molecule has 0 amide bonds. The van der Waals surface area contributed by atoms with Crippen LogP contribution in [0.4, 0.5) is 8.78 Å². The molecule has 1 rings (SSSR count). The molecule has 0 fully saturated rings. The maximum atomic E-state index is 13.0. The largest absolute Gasteiger partial charge is 0.384 e. The van der Waals surface area contributed by atoms with Gasteiger partial charge >= 0.3 is 5.38 Å². The Balaban J connectivity index is 2.79. The lowest BCUT2D eigenvalue weighted by Crippen LogP contribution is -2.37.